The van der Waals surface area contributed by atoms with Crippen LogP contribution in [0.1, 0.15) is 11.4 Å². The van der Waals surface area contributed by atoms with E-state index in [9.17, 15) is 0 Å². The van der Waals surface area contributed by atoms with E-state index in [2.05, 4.69) is 29.0 Å². The highest BCUT2D eigenvalue weighted by Gasteiger charge is 1.95. The van der Waals surface area contributed by atoms with Gasteiger partial charge in [-0.25, -0.2) is 9.97 Å². The van der Waals surface area contributed by atoms with E-state index in [0.29, 0.717) is 0 Å². The second-order valence-electron chi connectivity index (χ2n) is 2.98. The fourth-order valence-electron chi connectivity index (χ4n) is 1.23. The van der Waals surface area contributed by atoms with Crippen molar-refractivity contribution in [1.29, 1.82) is 0 Å². The van der Waals surface area contributed by atoms with Crippen LogP contribution in [0.25, 0.3) is 10.9 Å². The molecule has 13 heavy (non-hydrogen) atoms. The standard InChI is InChI=1S/C10H10N2.HI/c1-7-3-4-9-6-11-8(2)12-10(9)5-7;/h3-6H,1-2H3;1H. The maximum Gasteiger partial charge on any atom is 0.125 e. The van der Waals surface area contributed by atoms with Crippen molar-refractivity contribution < 1.29 is 0 Å². The minimum atomic E-state index is 0. The summed E-state index contributed by atoms with van der Waals surface area (Å²) in [4.78, 5) is 8.45. The van der Waals surface area contributed by atoms with Gasteiger partial charge in [-0.2, -0.15) is 0 Å². The van der Waals surface area contributed by atoms with Gasteiger partial charge < -0.3 is 0 Å². The number of fused-ring (bicyclic) bond motifs is 1. The number of nitrogens with zero attached hydrogens (tertiary/aromatic N) is 2. The zero-order valence-electron chi connectivity index (χ0n) is 7.61. The van der Waals surface area contributed by atoms with E-state index in [0.717, 1.165) is 16.7 Å². The van der Waals surface area contributed by atoms with Crippen molar-refractivity contribution >= 4 is 34.9 Å². The van der Waals surface area contributed by atoms with Crippen LogP contribution in [0.4, 0.5) is 0 Å². The summed E-state index contributed by atoms with van der Waals surface area (Å²) in [7, 11) is 0. The molecular formula is C10H11IN2. The summed E-state index contributed by atoms with van der Waals surface area (Å²) in [6.45, 7) is 3.97. The SMILES string of the molecule is Cc1ccc2cnc(C)nc2c1.I. The van der Waals surface area contributed by atoms with E-state index in [4.69, 9.17) is 0 Å². The molecule has 0 atom stereocenters. The van der Waals surface area contributed by atoms with Gasteiger partial charge in [0.05, 0.1) is 5.52 Å². The molecule has 1 heterocycles. The van der Waals surface area contributed by atoms with Crippen LogP contribution in [-0.2, 0) is 0 Å². The Bertz CT molecular complexity index is 389. The van der Waals surface area contributed by atoms with Gasteiger partial charge in [-0.15, -0.1) is 24.0 Å². The topological polar surface area (TPSA) is 25.8 Å². The summed E-state index contributed by atoms with van der Waals surface area (Å²) in [5.41, 5.74) is 2.27. The lowest BCUT2D eigenvalue weighted by Gasteiger charge is -1.98. The van der Waals surface area contributed by atoms with Gasteiger partial charge in [-0.05, 0) is 25.5 Å². The highest BCUT2D eigenvalue weighted by Crippen LogP contribution is 2.11. The number of hydrogen-bond acceptors (Lipinski definition) is 2. The first-order chi connectivity index (χ1) is 5.75. The van der Waals surface area contributed by atoms with E-state index in [1.165, 1.54) is 5.56 Å². The maximum atomic E-state index is 4.33. The van der Waals surface area contributed by atoms with Crippen LogP contribution in [0.3, 0.4) is 0 Å². The van der Waals surface area contributed by atoms with Crippen LogP contribution >= 0.6 is 24.0 Å². The Morgan fingerprint density at radius 2 is 1.92 bits per heavy atom. The number of aromatic nitrogens is 2. The molecule has 1 aromatic heterocycles. The number of aryl methyl sites for hydroxylation is 2. The summed E-state index contributed by atoms with van der Waals surface area (Å²) in [5.74, 6) is 0.827. The number of halogens is 1. The summed E-state index contributed by atoms with van der Waals surface area (Å²) in [6.07, 6.45) is 1.86. The molecule has 0 N–H and O–H groups in total. The Morgan fingerprint density at radius 3 is 2.69 bits per heavy atom. The molecule has 0 saturated heterocycles. The van der Waals surface area contributed by atoms with Gasteiger partial charge in [0.15, 0.2) is 0 Å². The molecule has 0 bridgehead atoms. The Balaban J connectivity index is 0.000000845. The lowest BCUT2D eigenvalue weighted by atomic mass is 10.2. The average Bonchev–Trinajstić information content (AvgIpc) is 2.03. The van der Waals surface area contributed by atoms with Crippen molar-refractivity contribution in [3.05, 3.63) is 35.8 Å². The lowest BCUT2D eigenvalue weighted by molar-refractivity contribution is 1.09. The summed E-state index contributed by atoms with van der Waals surface area (Å²) >= 11 is 0. The highest BCUT2D eigenvalue weighted by molar-refractivity contribution is 14.0. The zero-order valence-corrected chi connectivity index (χ0v) is 9.94. The third-order valence-corrected chi connectivity index (χ3v) is 1.86. The molecule has 0 spiro atoms. The fraction of sp³-hybridized carbons (Fsp3) is 0.200. The fourth-order valence-corrected chi connectivity index (χ4v) is 1.23. The summed E-state index contributed by atoms with van der Waals surface area (Å²) < 4.78 is 0. The largest absolute Gasteiger partial charge is 0.241 e. The second kappa shape index (κ2) is 4.00. The molecule has 3 heteroatoms. The number of benzene rings is 1. The van der Waals surface area contributed by atoms with E-state index in [1.54, 1.807) is 0 Å². The second-order valence-corrected chi connectivity index (χ2v) is 2.98. The predicted molar refractivity (Wildman–Crippen MR) is 64.4 cm³/mol. The normalized spacial score (nSPS) is 9.69. The smallest absolute Gasteiger partial charge is 0.125 e. The highest BCUT2D eigenvalue weighted by atomic mass is 127. The van der Waals surface area contributed by atoms with E-state index >= 15 is 0 Å². The van der Waals surface area contributed by atoms with E-state index in [-0.39, 0.29) is 24.0 Å². The molecular weight excluding hydrogens is 275 g/mol. The first-order valence-corrected chi connectivity index (χ1v) is 3.96. The van der Waals surface area contributed by atoms with Crippen LogP contribution in [-0.4, -0.2) is 9.97 Å². The van der Waals surface area contributed by atoms with Crippen molar-refractivity contribution in [1.82, 2.24) is 9.97 Å². The average molecular weight is 286 g/mol. The molecule has 2 nitrogen and oxygen atoms in total. The third-order valence-electron chi connectivity index (χ3n) is 1.86. The van der Waals surface area contributed by atoms with Crippen molar-refractivity contribution in [2.45, 2.75) is 13.8 Å². The van der Waals surface area contributed by atoms with Gasteiger partial charge in [0.2, 0.25) is 0 Å². The van der Waals surface area contributed by atoms with Gasteiger partial charge in [0.25, 0.3) is 0 Å². The Kier molecular flexibility index (Phi) is 3.19. The molecule has 2 aromatic rings. The van der Waals surface area contributed by atoms with Gasteiger partial charge in [-0.3, -0.25) is 0 Å². The van der Waals surface area contributed by atoms with Crippen molar-refractivity contribution in [2.75, 3.05) is 0 Å². The minimum Gasteiger partial charge on any atom is -0.241 e. The molecule has 0 fully saturated rings. The molecule has 2 rings (SSSR count). The zero-order chi connectivity index (χ0) is 8.55. The lowest BCUT2D eigenvalue weighted by Crippen LogP contribution is -1.87. The summed E-state index contributed by atoms with van der Waals surface area (Å²) in [5, 5.41) is 1.10. The predicted octanol–water partition coefficient (Wildman–Crippen LogP) is 2.86. The molecule has 0 amide bonds. The number of rotatable bonds is 0. The quantitative estimate of drug-likeness (QED) is 0.696. The maximum absolute atomic E-state index is 4.33. The molecule has 0 aliphatic rings. The Labute approximate surface area is 94.4 Å². The summed E-state index contributed by atoms with van der Waals surface area (Å²) in [6, 6.07) is 6.19. The van der Waals surface area contributed by atoms with Crippen LogP contribution in [0.15, 0.2) is 24.4 Å². The molecule has 0 aliphatic carbocycles. The third kappa shape index (κ3) is 2.15. The van der Waals surface area contributed by atoms with Gasteiger partial charge in [-0.1, -0.05) is 12.1 Å². The van der Waals surface area contributed by atoms with E-state index < -0.39 is 0 Å². The van der Waals surface area contributed by atoms with Crippen LogP contribution in [0, 0.1) is 13.8 Å². The minimum absolute atomic E-state index is 0. The number of hydrogen-bond donors (Lipinski definition) is 0. The van der Waals surface area contributed by atoms with Crippen molar-refractivity contribution in [3.8, 4) is 0 Å². The van der Waals surface area contributed by atoms with Crippen LogP contribution in [0.5, 0.6) is 0 Å². The van der Waals surface area contributed by atoms with Crippen LogP contribution < -0.4 is 0 Å². The van der Waals surface area contributed by atoms with Crippen molar-refractivity contribution in [3.63, 3.8) is 0 Å². The molecule has 0 aliphatic heterocycles. The molecule has 1 aromatic carbocycles. The van der Waals surface area contributed by atoms with Gasteiger partial charge >= 0.3 is 0 Å². The molecule has 0 saturated carbocycles. The molecule has 0 radical (unpaired) electrons. The van der Waals surface area contributed by atoms with Crippen LogP contribution in [0.2, 0.25) is 0 Å². The Hall–Kier alpha value is -0.710. The van der Waals surface area contributed by atoms with Gasteiger partial charge in [0, 0.05) is 11.6 Å². The van der Waals surface area contributed by atoms with E-state index in [1.807, 2.05) is 19.2 Å². The van der Waals surface area contributed by atoms with Gasteiger partial charge in [0.1, 0.15) is 5.82 Å². The molecule has 68 valence electrons. The Morgan fingerprint density at radius 1 is 1.15 bits per heavy atom. The van der Waals surface area contributed by atoms with Crippen molar-refractivity contribution in [2.24, 2.45) is 0 Å². The first-order valence-electron chi connectivity index (χ1n) is 3.96. The first kappa shape index (κ1) is 10.4. The monoisotopic (exact) mass is 286 g/mol. The molecule has 0 unspecified atom stereocenters.